The molecule has 32 heavy (non-hydrogen) atoms. The number of aliphatic carboxylic acids is 1. The summed E-state index contributed by atoms with van der Waals surface area (Å²) in [6.07, 6.45) is 0.0743. The zero-order chi connectivity index (χ0) is 22.7. The molecular formula is C26H22N2O4. The highest BCUT2D eigenvalue weighted by molar-refractivity contribution is 5.95. The number of hydrogen-bond donors (Lipinski definition) is 2. The van der Waals surface area contributed by atoms with Crippen LogP contribution >= 0.6 is 0 Å². The molecule has 1 unspecified atom stereocenters. The second-order valence-corrected chi connectivity index (χ2v) is 7.81. The van der Waals surface area contributed by atoms with E-state index in [1.54, 1.807) is 24.3 Å². The van der Waals surface area contributed by atoms with Gasteiger partial charge in [-0.1, -0.05) is 66.7 Å². The van der Waals surface area contributed by atoms with Gasteiger partial charge in [-0.3, -0.25) is 9.59 Å². The van der Waals surface area contributed by atoms with Gasteiger partial charge in [0.25, 0.3) is 0 Å². The Kier molecular flexibility index (Phi) is 6.02. The molecule has 160 valence electrons. The predicted molar refractivity (Wildman–Crippen MR) is 119 cm³/mol. The van der Waals surface area contributed by atoms with Gasteiger partial charge < -0.3 is 15.6 Å². The van der Waals surface area contributed by atoms with Crippen molar-refractivity contribution in [1.29, 1.82) is 5.26 Å². The fourth-order valence-electron chi connectivity index (χ4n) is 4.33. The summed E-state index contributed by atoms with van der Waals surface area (Å²) >= 11 is 0. The van der Waals surface area contributed by atoms with Crippen LogP contribution in [0.15, 0.2) is 72.8 Å². The third-order valence-electron chi connectivity index (χ3n) is 5.90. The molecule has 6 nitrogen and oxygen atoms in total. The summed E-state index contributed by atoms with van der Waals surface area (Å²) in [6, 6.07) is 23.6. The molecule has 0 aliphatic heterocycles. The number of benzene rings is 3. The molecule has 3 N–H and O–H groups in total. The number of fused-ring (bicyclic) bond motifs is 3. The summed E-state index contributed by atoms with van der Waals surface area (Å²) in [6.45, 7) is 0.0259. The van der Waals surface area contributed by atoms with Crippen LogP contribution in [0.3, 0.4) is 0 Å². The number of carbonyl (C=O) groups is 2. The van der Waals surface area contributed by atoms with Crippen LogP contribution in [0.4, 0.5) is 0 Å². The van der Waals surface area contributed by atoms with Gasteiger partial charge in [-0.15, -0.1) is 0 Å². The molecule has 3 aromatic rings. The van der Waals surface area contributed by atoms with Gasteiger partial charge in [-0.05, 0) is 40.3 Å². The topological polar surface area (TPSA) is 113 Å². The van der Waals surface area contributed by atoms with Crippen LogP contribution in [-0.4, -0.2) is 29.7 Å². The van der Waals surface area contributed by atoms with Crippen LogP contribution < -0.4 is 5.73 Å². The van der Waals surface area contributed by atoms with E-state index in [0.717, 1.165) is 22.3 Å². The maximum atomic E-state index is 12.8. The first-order valence-electron chi connectivity index (χ1n) is 10.3. The molecule has 0 bridgehead atoms. The lowest BCUT2D eigenvalue weighted by molar-refractivity contribution is -0.159. The maximum Gasteiger partial charge on any atom is 0.321 e. The minimum absolute atomic E-state index is 0.0259. The van der Waals surface area contributed by atoms with E-state index in [9.17, 15) is 20.0 Å². The normalized spacial score (nSPS) is 14.0. The first-order chi connectivity index (χ1) is 15.5. The first kappa shape index (κ1) is 21.3. The van der Waals surface area contributed by atoms with E-state index in [0.29, 0.717) is 11.1 Å². The van der Waals surface area contributed by atoms with Crippen molar-refractivity contribution in [3.05, 3.63) is 95.1 Å². The lowest BCUT2D eigenvalue weighted by atomic mass is 9.92. The highest BCUT2D eigenvalue weighted by Gasteiger charge is 2.36. The van der Waals surface area contributed by atoms with Crippen molar-refractivity contribution < 1.29 is 19.4 Å². The summed E-state index contributed by atoms with van der Waals surface area (Å²) in [7, 11) is 0. The Labute approximate surface area is 185 Å². The van der Waals surface area contributed by atoms with Crippen molar-refractivity contribution in [2.75, 3.05) is 6.61 Å². The Morgan fingerprint density at radius 3 is 2.12 bits per heavy atom. The van der Waals surface area contributed by atoms with Crippen molar-refractivity contribution >= 4 is 11.9 Å². The first-order valence-corrected chi connectivity index (χ1v) is 10.3. The minimum Gasteiger partial charge on any atom is -0.481 e. The van der Waals surface area contributed by atoms with Crippen LogP contribution in [0.2, 0.25) is 0 Å². The highest BCUT2D eigenvalue weighted by Crippen LogP contribution is 2.44. The molecule has 0 aromatic heterocycles. The standard InChI is InChI=1S/C26H22N2O4/c27-14-17-8-2-1-7-16(17)13-23(28)24(25(29)30)26(31)32-15-22-20-11-5-3-9-18(20)19-10-4-6-12-21(19)22/h1-12,22-24H,13,15,28H2,(H,29,30)/t23?,24-/m1/s1. The molecule has 1 aliphatic carbocycles. The molecule has 0 heterocycles. The van der Waals surface area contributed by atoms with Gasteiger partial charge in [0.05, 0.1) is 11.6 Å². The van der Waals surface area contributed by atoms with Crippen molar-refractivity contribution in [2.24, 2.45) is 11.7 Å². The Balaban J connectivity index is 1.51. The Morgan fingerprint density at radius 2 is 1.53 bits per heavy atom. The Bertz CT molecular complexity index is 1170. The van der Waals surface area contributed by atoms with Crippen molar-refractivity contribution in [3.8, 4) is 17.2 Å². The number of ether oxygens (including phenoxy) is 1. The number of rotatable bonds is 7. The van der Waals surface area contributed by atoms with E-state index >= 15 is 0 Å². The molecule has 3 aromatic carbocycles. The summed E-state index contributed by atoms with van der Waals surface area (Å²) in [5, 5.41) is 18.9. The third kappa shape index (κ3) is 3.98. The molecule has 0 saturated heterocycles. The monoisotopic (exact) mass is 426 g/mol. The molecular weight excluding hydrogens is 404 g/mol. The molecule has 6 heteroatoms. The maximum absolute atomic E-state index is 12.8. The molecule has 0 fully saturated rings. The third-order valence-corrected chi connectivity index (χ3v) is 5.90. The van der Waals surface area contributed by atoms with Gasteiger partial charge in [0.2, 0.25) is 0 Å². The lowest BCUT2D eigenvalue weighted by Crippen LogP contribution is -2.43. The predicted octanol–water partition coefficient (Wildman–Crippen LogP) is 3.48. The largest absolute Gasteiger partial charge is 0.481 e. The van der Waals surface area contributed by atoms with Crippen molar-refractivity contribution in [2.45, 2.75) is 18.4 Å². The van der Waals surface area contributed by atoms with Gasteiger partial charge in [-0.25, -0.2) is 0 Å². The molecule has 4 rings (SSSR count). The zero-order valence-corrected chi connectivity index (χ0v) is 17.3. The second-order valence-electron chi connectivity index (χ2n) is 7.81. The van der Waals surface area contributed by atoms with Gasteiger partial charge >= 0.3 is 11.9 Å². The number of carboxylic acids is 1. The van der Waals surface area contributed by atoms with Crippen LogP contribution in [0.1, 0.15) is 28.2 Å². The summed E-state index contributed by atoms with van der Waals surface area (Å²) in [4.78, 5) is 24.7. The lowest BCUT2D eigenvalue weighted by Gasteiger charge is -2.21. The summed E-state index contributed by atoms with van der Waals surface area (Å²) < 4.78 is 5.51. The van der Waals surface area contributed by atoms with Crippen LogP contribution in [0.25, 0.3) is 11.1 Å². The number of esters is 1. The number of nitrogens with two attached hydrogens (primary N) is 1. The van der Waals surface area contributed by atoms with E-state index in [1.807, 2.05) is 48.5 Å². The number of carboxylic acid groups (broad SMARTS) is 1. The fourth-order valence-corrected chi connectivity index (χ4v) is 4.33. The average Bonchev–Trinajstić information content (AvgIpc) is 3.11. The number of carbonyl (C=O) groups excluding carboxylic acids is 1. The van der Waals surface area contributed by atoms with E-state index in [2.05, 4.69) is 6.07 Å². The van der Waals surface area contributed by atoms with Crippen LogP contribution in [0, 0.1) is 17.2 Å². The average molecular weight is 426 g/mol. The van der Waals surface area contributed by atoms with Gasteiger partial charge in [0.1, 0.15) is 6.61 Å². The van der Waals surface area contributed by atoms with Crippen LogP contribution in [-0.2, 0) is 20.7 Å². The van der Waals surface area contributed by atoms with Gasteiger partial charge in [0.15, 0.2) is 5.92 Å². The molecule has 2 atom stereocenters. The molecule has 1 aliphatic rings. The smallest absolute Gasteiger partial charge is 0.321 e. The van der Waals surface area contributed by atoms with Crippen molar-refractivity contribution in [3.63, 3.8) is 0 Å². The highest BCUT2D eigenvalue weighted by atomic mass is 16.5. The van der Waals surface area contributed by atoms with E-state index in [1.165, 1.54) is 0 Å². The number of hydrogen-bond acceptors (Lipinski definition) is 5. The van der Waals surface area contributed by atoms with Gasteiger partial charge in [0, 0.05) is 12.0 Å². The summed E-state index contributed by atoms with van der Waals surface area (Å²) in [5.74, 6) is -3.92. The second kappa shape index (κ2) is 9.04. The van der Waals surface area contributed by atoms with E-state index in [-0.39, 0.29) is 18.9 Å². The minimum atomic E-state index is -1.53. The molecule has 0 amide bonds. The Hall–Kier alpha value is -3.95. The Morgan fingerprint density at radius 1 is 0.969 bits per heavy atom. The molecule has 0 saturated carbocycles. The number of nitriles is 1. The molecule has 0 spiro atoms. The van der Waals surface area contributed by atoms with E-state index in [4.69, 9.17) is 10.5 Å². The number of nitrogens with zero attached hydrogens (tertiary/aromatic N) is 1. The quantitative estimate of drug-likeness (QED) is 0.442. The summed E-state index contributed by atoms with van der Waals surface area (Å²) in [5.41, 5.74) is 11.4. The fraction of sp³-hybridized carbons (Fsp3) is 0.192. The van der Waals surface area contributed by atoms with E-state index < -0.39 is 23.9 Å². The molecule has 0 radical (unpaired) electrons. The SMILES string of the molecule is N#Cc1ccccc1CC(N)[C@H](C(=O)O)C(=O)OCC1c2ccccc2-c2ccccc21. The van der Waals surface area contributed by atoms with Crippen molar-refractivity contribution in [1.82, 2.24) is 0 Å². The zero-order valence-electron chi connectivity index (χ0n) is 17.3. The van der Waals surface area contributed by atoms with Crippen LogP contribution in [0.5, 0.6) is 0 Å². The van der Waals surface area contributed by atoms with Gasteiger partial charge in [-0.2, -0.15) is 5.26 Å².